The number of amides is 1. The molecule has 1 aliphatic heterocycles. The molecular weight excluding hydrogens is 364 g/mol. The summed E-state index contributed by atoms with van der Waals surface area (Å²) in [4.78, 5) is 36.6. The molecule has 1 fully saturated rings. The minimum atomic E-state index is -0.655. The predicted octanol–water partition coefficient (Wildman–Crippen LogP) is 3.13. The van der Waals surface area contributed by atoms with Crippen LogP contribution in [0.3, 0.4) is 0 Å². The summed E-state index contributed by atoms with van der Waals surface area (Å²) in [6.45, 7) is 0.261. The number of benzene rings is 2. The summed E-state index contributed by atoms with van der Waals surface area (Å²) in [7, 11) is 0. The predicted molar refractivity (Wildman–Crippen MR) is 98.0 cm³/mol. The summed E-state index contributed by atoms with van der Waals surface area (Å²) in [6, 6.07) is 8.59. The fraction of sp³-hybridized carbons (Fsp3) is 0.318. The van der Waals surface area contributed by atoms with Crippen LogP contribution >= 0.6 is 0 Å². The van der Waals surface area contributed by atoms with Crippen molar-refractivity contribution >= 4 is 17.5 Å². The molecular formula is C22H19F2NO3. The molecule has 0 radical (unpaired) electrons. The van der Waals surface area contributed by atoms with Gasteiger partial charge in [-0.1, -0.05) is 18.2 Å². The van der Waals surface area contributed by atoms with Gasteiger partial charge in [0.2, 0.25) is 5.91 Å². The van der Waals surface area contributed by atoms with E-state index in [2.05, 4.69) is 5.32 Å². The molecule has 0 spiro atoms. The Labute approximate surface area is 160 Å². The molecule has 0 saturated carbocycles. The zero-order valence-electron chi connectivity index (χ0n) is 15.1. The number of fused-ring (bicyclic) bond motifs is 1. The Balaban J connectivity index is 1.53. The first-order valence-corrected chi connectivity index (χ1v) is 9.31. The van der Waals surface area contributed by atoms with Crippen LogP contribution < -0.4 is 5.32 Å². The summed E-state index contributed by atoms with van der Waals surface area (Å²) in [5, 5.41) is 2.72. The summed E-state index contributed by atoms with van der Waals surface area (Å²) in [5.41, 5.74) is 2.27. The van der Waals surface area contributed by atoms with Gasteiger partial charge in [0, 0.05) is 37.3 Å². The highest BCUT2D eigenvalue weighted by Crippen LogP contribution is 2.36. The van der Waals surface area contributed by atoms with Crippen LogP contribution in [-0.4, -0.2) is 24.0 Å². The van der Waals surface area contributed by atoms with Gasteiger partial charge in [-0.15, -0.1) is 0 Å². The molecule has 1 aliphatic carbocycles. The van der Waals surface area contributed by atoms with E-state index in [0.29, 0.717) is 29.5 Å². The molecule has 1 saturated heterocycles. The number of hydrogen-bond acceptors (Lipinski definition) is 3. The molecule has 2 atom stereocenters. The van der Waals surface area contributed by atoms with E-state index in [1.807, 2.05) is 0 Å². The van der Waals surface area contributed by atoms with Gasteiger partial charge in [-0.3, -0.25) is 14.4 Å². The van der Waals surface area contributed by atoms with Crippen molar-refractivity contribution in [3.8, 4) is 0 Å². The molecule has 4 nitrogen and oxygen atoms in total. The first kappa shape index (κ1) is 18.5. The maximum atomic E-state index is 14.7. The van der Waals surface area contributed by atoms with Gasteiger partial charge in [0.05, 0.1) is 5.92 Å². The molecule has 144 valence electrons. The number of nitrogens with one attached hydrogen (secondary N) is 1. The highest BCUT2D eigenvalue weighted by Gasteiger charge is 2.39. The first-order chi connectivity index (χ1) is 13.4. The highest BCUT2D eigenvalue weighted by atomic mass is 19.1. The normalized spacial score (nSPS) is 20.9. The van der Waals surface area contributed by atoms with Crippen LogP contribution in [0.4, 0.5) is 8.78 Å². The Hall–Kier alpha value is -2.89. The molecule has 0 bridgehead atoms. The summed E-state index contributed by atoms with van der Waals surface area (Å²) < 4.78 is 27.7. The SMILES string of the molecule is O=C(Cc1ccc(F)cc1)C[C@@H]1C(=O)NC[C@H]1c1cc2c(cc1F)C(=O)CC2. The summed E-state index contributed by atoms with van der Waals surface area (Å²) >= 11 is 0. The van der Waals surface area contributed by atoms with Crippen molar-refractivity contribution in [2.45, 2.75) is 31.6 Å². The van der Waals surface area contributed by atoms with E-state index in [1.54, 1.807) is 6.07 Å². The Bertz CT molecular complexity index is 968. The summed E-state index contributed by atoms with van der Waals surface area (Å²) in [5.74, 6) is -2.48. The molecule has 2 aliphatic rings. The second-order valence-corrected chi connectivity index (χ2v) is 7.46. The lowest BCUT2D eigenvalue weighted by atomic mass is 9.83. The Morgan fingerprint density at radius 1 is 1.07 bits per heavy atom. The van der Waals surface area contributed by atoms with Crippen LogP contribution in [0.2, 0.25) is 0 Å². The molecule has 2 aromatic carbocycles. The van der Waals surface area contributed by atoms with E-state index in [-0.39, 0.29) is 42.7 Å². The standard InChI is InChI=1S/C22H19F2NO3/c23-14-4-1-12(2-5-14)7-15(26)9-18-19(11-25-22(18)28)17-8-13-3-6-21(27)16(13)10-20(17)24/h1-2,4-5,8,10,18-19H,3,6-7,9,11H2,(H,25,28)/t18-,19-/m0/s1. The topological polar surface area (TPSA) is 63.2 Å². The number of carbonyl (C=O) groups excluding carboxylic acids is 3. The molecule has 0 unspecified atom stereocenters. The third kappa shape index (κ3) is 3.46. The first-order valence-electron chi connectivity index (χ1n) is 9.31. The van der Waals surface area contributed by atoms with Crippen molar-refractivity contribution in [2.75, 3.05) is 6.54 Å². The van der Waals surface area contributed by atoms with E-state index in [9.17, 15) is 23.2 Å². The van der Waals surface area contributed by atoms with Crippen LogP contribution in [0.25, 0.3) is 0 Å². The molecule has 1 amide bonds. The second-order valence-electron chi connectivity index (χ2n) is 7.46. The number of carbonyl (C=O) groups is 3. The van der Waals surface area contributed by atoms with Crippen molar-refractivity contribution < 1.29 is 23.2 Å². The van der Waals surface area contributed by atoms with Gasteiger partial charge in [-0.05, 0) is 41.3 Å². The minimum absolute atomic E-state index is 0.0106. The lowest BCUT2D eigenvalue weighted by Gasteiger charge is -2.18. The third-order valence-electron chi connectivity index (χ3n) is 5.62. The lowest BCUT2D eigenvalue weighted by Crippen LogP contribution is -2.23. The van der Waals surface area contributed by atoms with Crippen LogP contribution in [0.5, 0.6) is 0 Å². The molecule has 28 heavy (non-hydrogen) atoms. The Morgan fingerprint density at radius 3 is 2.57 bits per heavy atom. The van der Waals surface area contributed by atoms with Gasteiger partial charge in [0.25, 0.3) is 0 Å². The van der Waals surface area contributed by atoms with Crippen molar-refractivity contribution in [3.63, 3.8) is 0 Å². The number of hydrogen-bond donors (Lipinski definition) is 1. The van der Waals surface area contributed by atoms with E-state index < -0.39 is 17.7 Å². The smallest absolute Gasteiger partial charge is 0.224 e. The van der Waals surface area contributed by atoms with Crippen molar-refractivity contribution in [1.82, 2.24) is 5.32 Å². The quantitative estimate of drug-likeness (QED) is 0.863. The van der Waals surface area contributed by atoms with E-state index in [4.69, 9.17) is 0 Å². The van der Waals surface area contributed by atoms with E-state index in [1.165, 1.54) is 30.3 Å². The van der Waals surface area contributed by atoms with Gasteiger partial charge in [0.1, 0.15) is 17.4 Å². The fourth-order valence-corrected chi connectivity index (χ4v) is 4.15. The highest BCUT2D eigenvalue weighted by molar-refractivity contribution is 6.00. The molecule has 2 aromatic rings. The molecule has 0 aromatic heterocycles. The van der Waals surface area contributed by atoms with Crippen LogP contribution in [0.1, 0.15) is 45.8 Å². The lowest BCUT2D eigenvalue weighted by molar-refractivity contribution is -0.127. The van der Waals surface area contributed by atoms with Crippen LogP contribution in [0, 0.1) is 17.6 Å². The molecule has 1 heterocycles. The average Bonchev–Trinajstić information content (AvgIpc) is 3.20. The van der Waals surface area contributed by atoms with Crippen LogP contribution in [0.15, 0.2) is 36.4 Å². The minimum Gasteiger partial charge on any atom is -0.355 e. The number of aryl methyl sites for hydroxylation is 1. The monoisotopic (exact) mass is 383 g/mol. The van der Waals surface area contributed by atoms with Crippen LogP contribution in [-0.2, 0) is 22.4 Å². The summed E-state index contributed by atoms with van der Waals surface area (Å²) in [6.07, 6.45) is 1.03. The van der Waals surface area contributed by atoms with Gasteiger partial charge < -0.3 is 5.32 Å². The zero-order valence-corrected chi connectivity index (χ0v) is 15.1. The maximum Gasteiger partial charge on any atom is 0.224 e. The molecule has 1 N–H and O–H groups in total. The van der Waals surface area contributed by atoms with E-state index in [0.717, 1.165) is 5.56 Å². The molecule has 6 heteroatoms. The largest absolute Gasteiger partial charge is 0.355 e. The maximum absolute atomic E-state index is 14.7. The fourth-order valence-electron chi connectivity index (χ4n) is 4.15. The van der Waals surface area contributed by atoms with Gasteiger partial charge in [-0.25, -0.2) is 8.78 Å². The van der Waals surface area contributed by atoms with E-state index >= 15 is 0 Å². The zero-order chi connectivity index (χ0) is 19.8. The average molecular weight is 383 g/mol. The van der Waals surface area contributed by atoms with Crippen molar-refractivity contribution in [3.05, 3.63) is 70.3 Å². The number of Topliss-reactive ketones (excluding diaryl/α,β-unsaturated/α-hetero) is 2. The second kappa shape index (κ2) is 7.26. The number of halogens is 2. The van der Waals surface area contributed by atoms with Crippen molar-refractivity contribution in [1.29, 1.82) is 0 Å². The van der Waals surface area contributed by atoms with Gasteiger partial charge >= 0.3 is 0 Å². The molecule has 4 rings (SSSR count). The Kier molecular flexibility index (Phi) is 4.79. The third-order valence-corrected chi connectivity index (χ3v) is 5.62. The number of rotatable bonds is 5. The van der Waals surface area contributed by atoms with Gasteiger partial charge in [-0.2, -0.15) is 0 Å². The van der Waals surface area contributed by atoms with Gasteiger partial charge in [0.15, 0.2) is 5.78 Å². The number of ketones is 2. The van der Waals surface area contributed by atoms with Crippen molar-refractivity contribution in [2.24, 2.45) is 5.92 Å². The Morgan fingerprint density at radius 2 is 1.82 bits per heavy atom.